The molecule has 0 unspecified atom stereocenters. The molecule has 1 aromatic carbocycles. The lowest BCUT2D eigenvalue weighted by Gasteiger charge is -2.18. The number of furan rings is 1. The SMILES string of the molecule is Cc1cc(C)c2oc(C3CC(=O)NC(=O)C3)cc2c1. The van der Waals surface area contributed by atoms with Gasteiger partial charge in [0.1, 0.15) is 11.3 Å². The first kappa shape index (κ1) is 12.0. The van der Waals surface area contributed by atoms with E-state index in [0.29, 0.717) is 12.8 Å². The fourth-order valence-electron chi connectivity index (χ4n) is 2.71. The molecule has 3 rings (SSSR count). The number of aryl methyl sites for hydroxylation is 2. The summed E-state index contributed by atoms with van der Waals surface area (Å²) < 4.78 is 5.86. The maximum Gasteiger partial charge on any atom is 0.227 e. The number of benzene rings is 1. The van der Waals surface area contributed by atoms with Gasteiger partial charge in [0.05, 0.1) is 0 Å². The predicted octanol–water partition coefficient (Wildman–Crippen LogP) is 2.57. The van der Waals surface area contributed by atoms with Crippen LogP contribution in [0.4, 0.5) is 0 Å². The summed E-state index contributed by atoms with van der Waals surface area (Å²) in [6.07, 6.45) is 0.618. The number of carbonyl (C=O) groups is 2. The largest absolute Gasteiger partial charge is 0.460 e. The first-order valence-corrected chi connectivity index (χ1v) is 6.36. The van der Waals surface area contributed by atoms with Crippen molar-refractivity contribution in [2.75, 3.05) is 0 Å². The van der Waals surface area contributed by atoms with Crippen LogP contribution in [0.3, 0.4) is 0 Å². The van der Waals surface area contributed by atoms with Gasteiger partial charge >= 0.3 is 0 Å². The van der Waals surface area contributed by atoms with Gasteiger partial charge in [0, 0.05) is 24.1 Å². The molecule has 2 heterocycles. The van der Waals surface area contributed by atoms with Crippen LogP contribution in [0.15, 0.2) is 22.6 Å². The minimum Gasteiger partial charge on any atom is -0.460 e. The lowest BCUT2D eigenvalue weighted by atomic mass is 9.94. The molecule has 1 aliphatic rings. The van der Waals surface area contributed by atoms with Gasteiger partial charge in [0.2, 0.25) is 11.8 Å². The van der Waals surface area contributed by atoms with E-state index >= 15 is 0 Å². The number of hydrogen-bond acceptors (Lipinski definition) is 3. The molecule has 1 fully saturated rings. The summed E-state index contributed by atoms with van der Waals surface area (Å²) in [5, 5.41) is 3.35. The summed E-state index contributed by atoms with van der Waals surface area (Å²) in [7, 11) is 0. The van der Waals surface area contributed by atoms with E-state index in [1.54, 1.807) is 0 Å². The molecule has 2 amide bonds. The Kier molecular flexibility index (Phi) is 2.66. The number of piperidine rings is 1. The molecule has 0 radical (unpaired) electrons. The van der Waals surface area contributed by atoms with Gasteiger partial charge in [0.25, 0.3) is 0 Å². The van der Waals surface area contributed by atoms with Crippen molar-refractivity contribution in [3.8, 4) is 0 Å². The fourth-order valence-corrected chi connectivity index (χ4v) is 2.71. The van der Waals surface area contributed by atoms with E-state index < -0.39 is 0 Å². The molecule has 1 aromatic heterocycles. The number of imide groups is 1. The second-order valence-electron chi connectivity index (χ2n) is 5.23. The van der Waals surface area contributed by atoms with E-state index in [0.717, 1.165) is 22.3 Å². The van der Waals surface area contributed by atoms with Crippen LogP contribution < -0.4 is 5.32 Å². The van der Waals surface area contributed by atoms with Crippen LogP contribution in [0, 0.1) is 13.8 Å². The topological polar surface area (TPSA) is 59.3 Å². The van der Waals surface area contributed by atoms with Crippen LogP contribution in [0.1, 0.15) is 35.6 Å². The second kappa shape index (κ2) is 4.23. The Morgan fingerprint density at radius 3 is 2.47 bits per heavy atom. The molecule has 0 bridgehead atoms. The zero-order valence-corrected chi connectivity index (χ0v) is 10.9. The number of fused-ring (bicyclic) bond motifs is 1. The maximum absolute atomic E-state index is 11.4. The molecule has 4 nitrogen and oxygen atoms in total. The van der Waals surface area contributed by atoms with Gasteiger partial charge in [-0.25, -0.2) is 0 Å². The van der Waals surface area contributed by atoms with E-state index in [1.165, 1.54) is 5.56 Å². The third-order valence-corrected chi connectivity index (χ3v) is 3.51. The summed E-state index contributed by atoms with van der Waals surface area (Å²) in [5.41, 5.74) is 3.10. The summed E-state index contributed by atoms with van der Waals surface area (Å²) in [5.74, 6) is 0.129. The molecule has 2 aromatic rings. The van der Waals surface area contributed by atoms with Gasteiger partial charge in [-0.3, -0.25) is 14.9 Å². The Balaban J connectivity index is 2.03. The summed E-state index contributed by atoms with van der Waals surface area (Å²) in [4.78, 5) is 22.8. The van der Waals surface area contributed by atoms with Crippen LogP contribution in [-0.4, -0.2) is 11.8 Å². The van der Waals surface area contributed by atoms with Crippen molar-refractivity contribution in [2.45, 2.75) is 32.6 Å². The molecule has 19 heavy (non-hydrogen) atoms. The van der Waals surface area contributed by atoms with Crippen molar-refractivity contribution in [1.29, 1.82) is 0 Å². The molecule has 0 spiro atoms. The normalized spacial score (nSPS) is 16.9. The highest BCUT2D eigenvalue weighted by Gasteiger charge is 2.28. The smallest absolute Gasteiger partial charge is 0.227 e. The third kappa shape index (κ3) is 2.14. The lowest BCUT2D eigenvalue weighted by Crippen LogP contribution is -2.37. The highest BCUT2D eigenvalue weighted by molar-refractivity contribution is 5.98. The third-order valence-electron chi connectivity index (χ3n) is 3.51. The molecule has 98 valence electrons. The quantitative estimate of drug-likeness (QED) is 0.799. The Morgan fingerprint density at radius 2 is 1.79 bits per heavy atom. The molecule has 1 aliphatic heterocycles. The molecule has 0 aliphatic carbocycles. The van der Waals surface area contributed by atoms with Crippen molar-refractivity contribution >= 4 is 22.8 Å². The van der Waals surface area contributed by atoms with Gasteiger partial charge in [-0.2, -0.15) is 0 Å². The van der Waals surface area contributed by atoms with Gasteiger partial charge in [-0.1, -0.05) is 11.6 Å². The standard InChI is InChI=1S/C15H15NO3/c1-8-3-9(2)15-11(4-8)5-12(19-15)10-6-13(17)16-14(18)7-10/h3-5,10H,6-7H2,1-2H3,(H,16,17,18). The van der Waals surface area contributed by atoms with Crippen molar-refractivity contribution in [2.24, 2.45) is 0 Å². The van der Waals surface area contributed by atoms with Crippen molar-refractivity contribution < 1.29 is 14.0 Å². The predicted molar refractivity (Wildman–Crippen MR) is 70.8 cm³/mol. The minimum atomic E-state index is -0.227. The zero-order valence-electron chi connectivity index (χ0n) is 10.9. The van der Waals surface area contributed by atoms with Crippen LogP contribution in [0.2, 0.25) is 0 Å². The highest BCUT2D eigenvalue weighted by atomic mass is 16.3. The Labute approximate surface area is 110 Å². The van der Waals surface area contributed by atoms with Crippen LogP contribution >= 0.6 is 0 Å². The lowest BCUT2D eigenvalue weighted by molar-refractivity contribution is -0.133. The number of carbonyl (C=O) groups excluding carboxylic acids is 2. The van der Waals surface area contributed by atoms with Gasteiger partial charge in [-0.15, -0.1) is 0 Å². The molecule has 1 N–H and O–H groups in total. The first-order valence-electron chi connectivity index (χ1n) is 6.36. The van der Waals surface area contributed by atoms with Gasteiger partial charge in [0.15, 0.2) is 0 Å². The van der Waals surface area contributed by atoms with Gasteiger partial charge in [-0.05, 0) is 31.5 Å². The zero-order chi connectivity index (χ0) is 13.6. The Hall–Kier alpha value is -2.10. The molecule has 1 saturated heterocycles. The monoisotopic (exact) mass is 257 g/mol. The van der Waals surface area contributed by atoms with Crippen LogP contribution in [-0.2, 0) is 9.59 Å². The number of hydrogen-bond donors (Lipinski definition) is 1. The first-order chi connectivity index (χ1) is 9.02. The number of rotatable bonds is 1. The van der Waals surface area contributed by atoms with E-state index in [9.17, 15) is 9.59 Å². The maximum atomic E-state index is 11.4. The van der Waals surface area contributed by atoms with Crippen molar-refractivity contribution in [3.05, 3.63) is 35.1 Å². The second-order valence-corrected chi connectivity index (χ2v) is 5.23. The highest BCUT2D eigenvalue weighted by Crippen LogP contribution is 2.32. The number of amides is 2. The minimum absolute atomic E-state index is 0.145. The molecular formula is C15H15NO3. The van der Waals surface area contributed by atoms with E-state index in [4.69, 9.17) is 4.42 Å². The van der Waals surface area contributed by atoms with E-state index in [2.05, 4.69) is 17.4 Å². The molecule has 0 atom stereocenters. The van der Waals surface area contributed by atoms with Crippen LogP contribution in [0.25, 0.3) is 11.0 Å². The fraction of sp³-hybridized carbons (Fsp3) is 0.333. The summed E-state index contributed by atoms with van der Waals surface area (Å²) >= 11 is 0. The Morgan fingerprint density at radius 1 is 1.11 bits per heavy atom. The average Bonchev–Trinajstić information content (AvgIpc) is 2.71. The average molecular weight is 257 g/mol. The Bertz CT molecular complexity index is 668. The molecule has 4 heteroatoms. The van der Waals surface area contributed by atoms with Crippen molar-refractivity contribution in [1.82, 2.24) is 5.32 Å². The number of nitrogens with one attached hydrogen (secondary N) is 1. The summed E-state index contributed by atoms with van der Waals surface area (Å²) in [6.45, 7) is 4.04. The van der Waals surface area contributed by atoms with Gasteiger partial charge < -0.3 is 4.42 Å². The van der Waals surface area contributed by atoms with Crippen LogP contribution in [0.5, 0.6) is 0 Å². The van der Waals surface area contributed by atoms with E-state index in [1.807, 2.05) is 19.9 Å². The van der Waals surface area contributed by atoms with E-state index in [-0.39, 0.29) is 17.7 Å². The molecular weight excluding hydrogens is 242 g/mol. The molecule has 0 saturated carbocycles. The van der Waals surface area contributed by atoms with Crippen molar-refractivity contribution in [3.63, 3.8) is 0 Å². The summed E-state index contributed by atoms with van der Waals surface area (Å²) in [6, 6.07) is 6.07.